The first kappa shape index (κ1) is 19.6. The van der Waals surface area contributed by atoms with Gasteiger partial charge in [0.1, 0.15) is 0 Å². The Morgan fingerprint density at radius 1 is 1.30 bits per heavy atom. The first-order valence-corrected chi connectivity index (χ1v) is 10.6. The molecule has 3 amide bonds. The second-order valence-corrected chi connectivity index (χ2v) is 8.58. The van der Waals surface area contributed by atoms with Crippen molar-refractivity contribution in [3.63, 3.8) is 0 Å². The number of nitrogens with one attached hydrogen (secondary N) is 2. The van der Waals surface area contributed by atoms with Gasteiger partial charge in [0.05, 0.1) is 18.6 Å². The number of terminal acetylenes is 1. The predicted molar refractivity (Wildman–Crippen MR) is 109 cm³/mol. The quantitative estimate of drug-likeness (QED) is 0.411. The zero-order valence-electron chi connectivity index (χ0n) is 15.7. The molecule has 0 aromatic heterocycles. The van der Waals surface area contributed by atoms with E-state index in [2.05, 4.69) is 28.7 Å². The Kier molecular flexibility index (Phi) is 6.68. The highest BCUT2D eigenvalue weighted by Crippen LogP contribution is 2.33. The molecule has 6 heteroatoms. The SMILES string of the molecule is C#CCN(Cc1ccc(C)cc1)C(=O)CCCC[C@@H]1SC[C@@H]2NC(=O)N[C@@H]21. The number of hydrogen-bond acceptors (Lipinski definition) is 3. The summed E-state index contributed by atoms with van der Waals surface area (Å²) < 4.78 is 0. The van der Waals surface area contributed by atoms with Gasteiger partial charge in [0.25, 0.3) is 0 Å². The molecule has 0 unspecified atom stereocenters. The zero-order valence-corrected chi connectivity index (χ0v) is 16.6. The van der Waals surface area contributed by atoms with Crippen LogP contribution in [0, 0.1) is 19.3 Å². The minimum Gasteiger partial charge on any atom is -0.332 e. The van der Waals surface area contributed by atoms with Crippen molar-refractivity contribution in [1.82, 2.24) is 15.5 Å². The molecule has 0 radical (unpaired) electrons. The molecule has 0 aliphatic carbocycles. The van der Waals surface area contributed by atoms with Gasteiger partial charge in [0.2, 0.25) is 5.91 Å². The first-order valence-electron chi connectivity index (χ1n) is 9.52. The van der Waals surface area contributed by atoms with E-state index < -0.39 is 0 Å². The van der Waals surface area contributed by atoms with Crippen LogP contribution in [0.1, 0.15) is 36.8 Å². The lowest BCUT2D eigenvalue weighted by Gasteiger charge is -2.21. The van der Waals surface area contributed by atoms with Gasteiger partial charge in [-0.05, 0) is 25.3 Å². The van der Waals surface area contributed by atoms with Crippen LogP contribution in [0.5, 0.6) is 0 Å². The third kappa shape index (κ3) is 5.20. The Balaban J connectivity index is 1.42. The molecule has 2 heterocycles. The van der Waals surface area contributed by atoms with E-state index in [1.54, 1.807) is 4.90 Å². The molecular weight excluding hydrogens is 358 g/mol. The lowest BCUT2D eigenvalue weighted by atomic mass is 10.0. The van der Waals surface area contributed by atoms with E-state index in [4.69, 9.17) is 6.42 Å². The first-order chi connectivity index (χ1) is 13.1. The average Bonchev–Trinajstić information content (AvgIpc) is 3.19. The molecule has 3 rings (SSSR count). The summed E-state index contributed by atoms with van der Waals surface area (Å²) in [5.41, 5.74) is 2.30. The molecule has 2 saturated heterocycles. The molecule has 5 nitrogen and oxygen atoms in total. The third-order valence-corrected chi connectivity index (χ3v) is 6.70. The number of rotatable bonds is 8. The molecule has 144 valence electrons. The maximum Gasteiger partial charge on any atom is 0.315 e. The molecule has 0 bridgehead atoms. The molecule has 2 N–H and O–H groups in total. The summed E-state index contributed by atoms with van der Waals surface area (Å²) in [6, 6.07) is 8.64. The number of unbranched alkanes of at least 4 members (excludes halogenated alkanes) is 1. The minimum absolute atomic E-state index is 0.0495. The topological polar surface area (TPSA) is 61.4 Å². The summed E-state index contributed by atoms with van der Waals surface area (Å²) in [5.74, 6) is 3.68. The van der Waals surface area contributed by atoms with Gasteiger partial charge in [-0.3, -0.25) is 4.79 Å². The minimum atomic E-state index is -0.0495. The third-order valence-electron chi connectivity index (χ3n) is 5.20. The molecule has 0 saturated carbocycles. The van der Waals surface area contributed by atoms with Crippen LogP contribution in [0.2, 0.25) is 0 Å². The Bertz CT molecular complexity index is 713. The molecule has 27 heavy (non-hydrogen) atoms. The van der Waals surface area contributed by atoms with Crippen molar-refractivity contribution in [1.29, 1.82) is 0 Å². The standard InChI is InChI=1S/C21H27N3O2S/c1-3-12-24(13-16-10-8-15(2)9-11-16)19(25)7-5-4-6-18-20-17(14-27-18)22-21(26)23-20/h1,8-11,17-18,20H,4-7,12-14H2,2H3,(H2,22,23,26)/t17-,18-,20-/m0/s1. The highest BCUT2D eigenvalue weighted by Gasteiger charge is 2.42. The van der Waals surface area contributed by atoms with Gasteiger partial charge in [0, 0.05) is 24.0 Å². The van der Waals surface area contributed by atoms with Gasteiger partial charge < -0.3 is 15.5 Å². The number of urea groups is 1. The lowest BCUT2D eigenvalue weighted by Crippen LogP contribution is -2.36. The van der Waals surface area contributed by atoms with E-state index in [9.17, 15) is 9.59 Å². The number of thioether (sulfide) groups is 1. The van der Waals surface area contributed by atoms with Crippen molar-refractivity contribution >= 4 is 23.7 Å². The van der Waals surface area contributed by atoms with Crippen LogP contribution < -0.4 is 10.6 Å². The Labute approximate surface area is 165 Å². The van der Waals surface area contributed by atoms with Crippen LogP contribution in [0.25, 0.3) is 0 Å². The van der Waals surface area contributed by atoms with E-state index in [1.165, 1.54) is 5.56 Å². The summed E-state index contributed by atoms with van der Waals surface area (Å²) in [7, 11) is 0. The summed E-state index contributed by atoms with van der Waals surface area (Å²) in [6.07, 6.45) is 8.83. The van der Waals surface area contributed by atoms with E-state index in [1.807, 2.05) is 30.8 Å². The van der Waals surface area contributed by atoms with Crippen LogP contribution in [0.15, 0.2) is 24.3 Å². The fraction of sp³-hybridized carbons (Fsp3) is 0.524. The van der Waals surface area contributed by atoms with Gasteiger partial charge in [0.15, 0.2) is 0 Å². The van der Waals surface area contributed by atoms with Crippen LogP contribution in [0.4, 0.5) is 4.79 Å². The number of carbonyl (C=O) groups excluding carboxylic acids is 2. The molecule has 2 aliphatic rings. The van der Waals surface area contributed by atoms with E-state index in [0.717, 1.165) is 30.6 Å². The number of nitrogens with zero attached hydrogens (tertiary/aromatic N) is 1. The van der Waals surface area contributed by atoms with E-state index in [-0.39, 0.29) is 24.0 Å². The second-order valence-electron chi connectivity index (χ2n) is 7.31. The van der Waals surface area contributed by atoms with Crippen LogP contribution in [-0.4, -0.2) is 46.5 Å². The highest BCUT2D eigenvalue weighted by molar-refractivity contribution is 8.00. The monoisotopic (exact) mass is 385 g/mol. The van der Waals surface area contributed by atoms with Crippen molar-refractivity contribution in [3.8, 4) is 12.3 Å². The summed E-state index contributed by atoms with van der Waals surface area (Å²) >= 11 is 1.91. The molecule has 3 atom stereocenters. The smallest absolute Gasteiger partial charge is 0.315 e. The number of hydrogen-bond donors (Lipinski definition) is 2. The number of amides is 3. The van der Waals surface area contributed by atoms with Crippen LogP contribution >= 0.6 is 11.8 Å². The van der Waals surface area contributed by atoms with Gasteiger partial charge in [-0.25, -0.2) is 4.79 Å². The number of aryl methyl sites for hydroxylation is 1. The molecule has 0 spiro atoms. The Morgan fingerprint density at radius 3 is 2.81 bits per heavy atom. The largest absolute Gasteiger partial charge is 0.332 e. The second kappa shape index (κ2) is 9.18. The van der Waals surface area contributed by atoms with Gasteiger partial charge in [-0.1, -0.05) is 42.2 Å². The maximum absolute atomic E-state index is 12.6. The number of carbonyl (C=O) groups is 2. The van der Waals surface area contributed by atoms with Crippen LogP contribution in [-0.2, 0) is 11.3 Å². The van der Waals surface area contributed by atoms with E-state index >= 15 is 0 Å². The fourth-order valence-corrected chi connectivity index (χ4v) is 5.22. The predicted octanol–water partition coefficient (Wildman–Crippen LogP) is 2.68. The summed E-state index contributed by atoms with van der Waals surface area (Å²) in [5, 5.41) is 6.42. The highest BCUT2D eigenvalue weighted by atomic mass is 32.2. The average molecular weight is 386 g/mol. The normalized spacial score (nSPS) is 23.3. The van der Waals surface area contributed by atoms with Crippen molar-refractivity contribution in [2.75, 3.05) is 12.3 Å². The van der Waals surface area contributed by atoms with Crippen molar-refractivity contribution in [2.45, 2.75) is 56.5 Å². The van der Waals surface area contributed by atoms with Gasteiger partial charge >= 0.3 is 6.03 Å². The number of benzene rings is 1. The van der Waals surface area contributed by atoms with Crippen molar-refractivity contribution < 1.29 is 9.59 Å². The van der Waals surface area contributed by atoms with Gasteiger partial charge in [-0.15, -0.1) is 6.42 Å². The molecule has 1 aromatic rings. The lowest BCUT2D eigenvalue weighted by molar-refractivity contribution is -0.131. The molecule has 2 aliphatic heterocycles. The van der Waals surface area contributed by atoms with Crippen LogP contribution in [0.3, 0.4) is 0 Å². The van der Waals surface area contributed by atoms with Crippen molar-refractivity contribution in [3.05, 3.63) is 35.4 Å². The number of fused-ring (bicyclic) bond motifs is 1. The fourth-order valence-electron chi connectivity index (χ4n) is 3.68. The van der Waals surface area contributed by atoms with Crippen molar-refractivity contribution in [2.24, 2.45) is 0 Å². The summed E-state index contributed by atoms with van der Waals surface area (Å²) in [6.45, 7) is 2.95. The molecular formula is C21H27N3O2S. The Hall–Kier alpha value is -2.13. The summed E-state index contributed by atoms with van der Waals surface area (Å²) in [4.78, 5) is 25.8. The molecule has 1 aromatic carbocycles. The zero-order chi connectivity index (χ0) is 19.2. The maximum atomic E-state index is 12.6. The van der Waals surface area contributed by atoms with E-state index in [0.29, 0.717) is 24.8 Å². The molecule has 2 fully saturated rings. The Morgan fingerprint density at radius 2 is 2.07 bits per heavy atom. The van der Waals surface area contributed by atoms with Gasteiger partial charge in [-0.2, -0.15) is 11.8 Å².